The van der Waals surface area contributed by atoms with Gasteiger partial charge in [0.15, 0.2) is 12.1 Å². The maximum atomic E-state index is 13.6. The first-order valence-electron chi connectivity index (χ1n) is 14.2. The highest BCUT2D eigenvalue weighted by Gasteiger charge is 2.52. The van der Waals surface area contributed by atoms with Crippen molar-refractivity contribution in [3.63, 3.8) is 0 Å². The topological polar surface area (TPSA) is 186 Å². The number of phenols is 3. The molecule has 7 atom stereocenters. The number of hydrogen-bond acceptors (Lipinski definition) is 12. The Hall–Kier alpha value is -2.81. The van der Waals surface area contributed by atoms with Crippen LogP contribution in [0.25, 0.3) is 0 Å². The Morgan fingerprint density at radius 1 is 1.00 bits per heavy atom. The number of phenolic OH excluding ortho intramolecular Hbond substituents is 3. The van der Waals surface area contributed by atoms with Crippen molar-refractivity contribution in [1.29, 1.82) is 0 Å². The number of fused-ring (bicyclic) bond motifs is 3. The molecule has 0 aromatic heterocycles. The van der Waals surface area contributed by atoms with Crippen molar-refractivity contribution in [3.8, 4) is 17.2 Å². The smallest absolute Gasteiger partial charge is 0.202 e. The highest BCUT2D eigenvalue weighted by Crippen LogP contribution is 2.56. The molecule has 43 heavy (non-hydrogen) atoms. The third-order valence-corrected chi connectivity index (χ3v) is 9.25. The molecule has 13 heteroatoms. The molecule has 0 amide bonds. The molecule has 4 aliphatic rings. The number of nitrogens with zero attached hydrogens (tertiary/aromatic N) is 1. The Balaban J connectivity index is 0.00000368. The molecule has 2 aromatic carbocycles. The van der Waals surface area contributed by atoms with Crippen LogP contribution in [-0.2, 0) is 14.2 Å². The van der Waals surface area contributed by atoms with Gasteiger partial charge in [-0.15, -0.1) is 12.4 Å². The SMILES string of the molecule is CC[C@@]1(O)CC(OC2CC(N3CCOCC3)C(O)C(C)O2)c2c(O)c3c(c(O)c2[C@H]1O)C(=O)c1cccc(O)c1C3=O.Cl. The molecule has 0 radical (unpaired) electrons. The molecule has 0 saturated carbocycles. The molecule has 2 aliphatic heterocycles. The molecule has 6 N–H and O–H groups in total. The lowest BCUT2D eigenvalue weighted by molar-refractivity contribution is -0.264. The molecule has 234 valence electrons. The van der Waals surface area contributed by atoms with E-state index in [9.17, 15) is 40.2 Å². The third-order valence-electron chi connectivity index (χ3n) is 9.25. The second-order valence-electron chi connectivity index (χ2n) is 11.5. The Bertz CT molecular complexity index is 1440. The zero-order chi connectivity index (χ0) is 30.1. The van der Waals surface area contributed by atoms with Crippen LogP contribution in [0.3, 0.4) is 0 Å². The van der Waals surface area contributed by atoms with Crippen molar-refractivity contribution in [2.45, 2.75) is 75.5 Å². The van der Waals surface area contributed by atoms with Crippen LogP contribution < -0.4 is 0 Å². The van der Waals surface area contributed by atoms with E-state index in [4.69, 9.17) is 14.2 Å². The summed E-state index contributed by atoms with van der Waals surface area (Å²) in [7, 11) is 0. The van der Waals surface area contributed by atoms with Gasteiger partial charge in [0.05, 0.1) is 53.8 Å². The average Bonchev–Trinajstić information content (AvgIpc) is 2.97. The molecular weight excluding hydrogens is 586 g/mol. The van der Waals surface area contributed by atoms with E-state index < -0.39 is 76.2 Å². The van der Waals surface area contributed by atoms with Gasteiger partial charge in [0.25, 0.3) is 0 Å². The van der Waals surface area contributed by atoms with Crippen LogP contribution in [0.15, 0.2) is 18.2 Å². The van der Waals surface area contributed by atoms with Crippen molar-refractivity contribution in [1.82, 2.24) is 4.90 Å². The van der Waals surface area contributed by atoms with Gasteiger partial charge >= 0.3 is 0 Å². The summed E-state index contributed by atoms with van der Waals surface area (Å²) < 4.78 is 17.8. The van der Waals surface area contributed by atoms with Crippen LogP contribution >= 0.6 is 12.4 Å². The van der Waals surface area contributed by atoms with Gasteiger partial charge in [-0.05, 0) is 19.4 Å². The molecule has 0 spiro atoms. The predicted octanol–water partition coefficient (Wildman–Crippen LogP) is 1.83. The number of aromatic hydroxyl groups is 3. The van der Waals surface area contributed by atoms with E-state index in [2.05, 4.69) is 4.90 Å². The fourth-order valence-corrected chi connectivity index (χ4v) is 6.86. The van der Waals surface area contributed by atoms with Crippen molar-refractivity contribution in [2.75, 3.05) is 26.3 Å². The van der Waals surface area contributed by atoms with E-state index in [-0.39, 0.29) is 60.0 Å². The number of ketones is 2. The van der Waals surface area contributed by atoms with Gasteiger partial charge in [-0.25, -0.2) is 0 Å². The van der Waals surface area contributed by atoms with Crippen molar-refractivity contribution >= 4 is 24.0 Å². The summed E-state index contributed by atoms with van der Waals surface area (Å²) >= 11 is 0. The highest BCUT2D eigenvalue weighted by molar-refractivity contribution is 6.31. The van der Waals surface area contributed by atoms with Gasteiger partial charge < -0.3 is 44.8 Å². The number of hydrogen-bond donors (Lipinski definition) is 6. The number of carbonyl (C=O) groups excluding carboxylic acids is 2. The van der Waals surface area contributed by atoms with Gasteiger partial charge in [-0.2, -0.15) is 0 Å². The molecular formula is C30H36ClNO11. The Labute approximate surface area is 253 Å². The average molecular weight is 622 g/mol. The summed E-state index contributed by atoms with van der Waals surface area (Å²) in [6, 6.07) is 3.60. The standard InChI is InChI=1S/C30H35NO11.ClH/c1-3-30(39)12-17(42-18-11-15(24(33)13(2)41-18)31-7-9-40-10-8-31)20-23(29(30)38)28(37)21-22(27(20)36)26(35)19-14(25(21)34)5-4-6-16(19)32;/h4-6,13,15,17-18,24,29,32-33,36-39H,3,7-12H2,1-2H3;1H/t13?,15?,17?,18?,24?,29-,30-;/m1./s1. The lowest BCUT2D eigenvalue weighted by atomic mass is 9.70. The third kappa shape index (κ3) is 4.90. The number of carbonyl (C=O) groups is 2. The molecule has 12 nitrogen and oxygen atoms in total. The minimum absolute atomic E-state index is 0. The Morgan fingerprint density at radius 2 is 1.65 bits per heavy atom. The number of aliphatic hydroxyl groups is 3. The number of rotatable bonds is 4. The number of ether oxygens (including phenoxy) is 3. The second kappa shape index (κ2) is 11.6. The first kappa shape index (κ1) is 31.6. The molecule has 2 aliphatic carbocycles. The molecule has 2 fully saturated rings. The summed E-state index contributed by atoms with van der Waals surface area (Å²) in [4.78, 5) is 29.2. The van der Waals surface area contributed by atoms with Gasteiger partial charge in [0, 0.05) is 48.7 Å². The predicted molar refractivity (Wildman–Crippen MR) is 152 cm³/mol. The zero-order valence-corrected chi connectivity index (χ0v) is 24.5. The monoisotopic (exact) mass is 621 g/mol. The van der Waals surface area contributed by atoms with Crippen molar-refractivity contribution in [2.24, 2.45) is 0 Å². The maximum absolute atomic E-state index is 13.6. The number of aliphatic hydroxyl groups excluding tert-OH is 2. The summed E-state index contributed by atoms with van der Waals surface area (Å²) in [5.74, 6) is -3.61. The minimum Gasteiger partial charge on any atom is -0.507 e. The Morgan fingerprint density at radius 3 is 2.33 bits per heavy atom. The maximum Gasteiger partial charge on any atom is 0.202 e. The summed E-state index contributed by atoms with van der Waals surface area (Å²) in [6.07, 6.45) is -5.23. The van der Waals surface area contributed by atoms with Crippen LogP contribution in [0.4, 0.5) is 0 Å². The quantitative estimate of drug-likeness (QED) is 0.232. The molecule has 6 rings (SSSR count). The Kier molecular flexibility index (Phi) is 8.53. The van der Waals surface area contributed by atoms with E-state index in [1.807, 2.05) is 0 Å². The molecule has 2 aromatic rings. The largest absolute Gasteiger partial charge is 0.507 e. The molecule has 2 saturated heterocycles. The van der Waals surface area contributed by atoms with E-state index in [0.717, 1.165) is 0 Å². The van der Waals surface area contributed by atoms with Crippen molar-refractivity contribution < 1.29 is 54.4 Å². The van der Waals surface area contributed by atoms with Gasteiger partial charge in [-0.3, -0.25) is 14.5 Å². The summed E-state index contributed by atoms with van der Waals surface area (Å²) in [6.45, 7) is 5.61. The van der Waals surface area contributed by atoms with Gasteiger partial charge in [0.2, 0.25) is 5.78 Å². The normalized spacial score (nSPS) is 32.4. The molecule has 5 unspecified atom stereocenters. The number of halogens is 1. The minimum atomic E-state index is -1.82. The van der Waals surface area contributed by atoms with Crippen LogP contribution in [-0.4, -0.2) is 104 Å². The van der Waals surface area contributed by atoms with Crippen LogP contribution in [0.2, 0.25) is 0 Å². The fourth-order valence-electron chi connectivity index (χ4n) is 6.86. The van der Waals surface area contributed by atoms with E-state index in [1.54, 1.807) is 13.8 Å². The van der Waals surface area contributed by atoms with Crippen LogP contribution in [0, 0.1) is 0 Å². The van der Waals surface area contributed by atoms with Gasteiger partial charge in [-0.1, -0.05) is 19.1 Å². The zero-order valence-electron chi connectivity index (χ0n) is 23.7. The summed E-state index contributed by atoms with van der Waals surface area (Å²) in [5, 5.41) is 67.1. The number of morpholine rings is 1. The lowest BCUT2D eigenvalue weighted by Gasteiger charge is -2.47. The van der Waals surface area contributed by atoms with E-state index in [1.165, 1.54) is 18.2 Å². The second-order valence-corrected chi connectivity index (χ2v) is 11.5. The fraction of sp³-hybridized carbons (Fsp3) is 0.533. The highest BCUT2D eigenvalue weighted by atomic mass is 35.5. The van der Waals surface area contributed by atoms with E-state index in [0.29, 0.717) is 26.3 Å². The van der Waals surface area contributed by atoms with Crippen molar-refractivity contribution in [3.05, 3.63) is 51.6 Å². The van der Waals surface area contributed by atoms with Crippen LogP contribution in [0.5, 0.6) is 17.2 Å². The molecule has 0 bridgehead atoms. The molecule has 2 heterocycles. The van der Waals surface area contributed by atoms with Crippen LogP contribution in [0.1, 0.15) is 88.3 Å². The first-order valence-corrected chi connectivity index (χ1v) is 14.2. The lowest BCUT2D eigenvalue weighted by Crippen LogP contribution is -2.58. The van der Waals surface area contributed by atoms with E-state index >= 15 is 0 Å². The first-order chi connectivity index (χ1) is 20.0. The van der Waals surface area contributed by atoms with Gasteiger partial charge in [0.1, 0.15) is 23.4 Å². The number of benzene rings is 2. The summed E-state index contributed by atoms with van der Waals surface area (Å²) in [5.41, 5.74) is -3.80.